The molecule has 0 aromatic heterocycles. The lowest BCUT2D eigenvalue weighted by Gasteiger charge is -2.28. The zero-order valence-electron chi connectivity index (χ0n) is 28.7. The first-order valence-corrected chi connectivity index (χ1v) is 17.0. The lowest BCUT2D eigenvalue weighted by atomic mass is 9.98. The first-order valence-electron chi connectivity index (χ1n) is 17.0. The van der Waals surface area contributed by atoms with Gasteiger partial charge in [0.15, 0.2) is 0 Å². The maximum absolute atomic E-state index is 2.38. The molecule has 2 nitrogen and oxygen atoms in total. The topological polar surface area (TPSA) is 6.48 Å². The smallest absolute Gasteiger partial charge is 0.0491 e. The molecule has 0 aliphatic heterocycles. The number of anilines is 6. The van der Waals surface area contributed by atoms with E-state index in [-0.39, 0.29) is 0 Å². The van der Waals surface area contributed by atoms with Crippen LogP contribution in [0.2, 0.25) is 0 Å². The normalized spacial score (nSPS) is 11.0. The van der Waals surface area contributed by atoms with E-state index in [9.17, 15) is 0 Å². The van der Waals surface area contributed by atoms with E-state index in [0.29, 0.717) is 0 Å². The van der Waals surface area contributed by atoms with Crippen molar-refractivity contribution in [3.63, 3.8) is 0 Å². The second kappa shape index (κ2) is 14.1. The van der Waals surface area contributed by atoms with Crippen LogP contribution >= 0.6 is 0 Å². The third kappa shape index (κ3) is 6.88. The third-order valence-electron chi connectivity index (χ3n) is 9.31. The van der Waals surface area contributed by atoms with E-state index < -0.39 is 0 Å². The van der Waals surface area contributed by atoms with Crippen LogP contribution in [0.15, 0.2) is 133 Å². The quantitative estimate of drug-likeness (QED) is 0.151. The summed E-state index contributed by atoms with van der Waals surface area (Å²) in [5, 5.41) is 0. The molecule has 0 amide bonds. The Morgan fingerprint density at radius 2 is 0.660 bits per heavy atom. The van der Waals surface area contributed by atoms with Crippen molar-refractivity contribution in [2.24, 2.45) is 0 Å². The molecule has 0 fully saturated rings. The predicted octanol–water partition coefficient (Wildman–Crippen LogP) is 12.9. The Morgan fingerprint density at radius 1 is 0.362 bits per heavy atom. The predicted molar refractivity (Wildman–Crippen MR) is 204 cm³/mol. The van der Waals surface area contributed by atoms with Gasteiger partial charge in [0.1, 0.15) is 0 Å². The second-order valence-corrected chi connectivity index (χ2v) is 12.6. The summed E-state index contributed by atoms with van der Waals surface area (Å²) in [6, 6.07) is 49.5. The maximum atomic E-state index is 2.38. The van der Waals surface area contributed by atoms with Gasteiger partial charge in [0, 0.05) is 34.1 Å². The highest BCUT2D eigenvalue weighted by Gasteiger charge is 2.18. The molecule has 6 aromatic carbocycles. The van der Waals surface area contributed by atoms with Crippen molar-refractivity contribution in [3.8, 4) is 11.1 Å². The van der Waals surface area contributed by atoms with Gasteiger partial charge in [0.2, 0.25) is 0 Å². The van der Waals surface area contributed by atoms with E-state index in [2.05, 4.69) is 185 Å². The van der Waals surface area contributed by atoms with Gasteiger partial charge in [-0.1, -0.05) is 87.0 Å². The average Bonchev–Trinajstić information content (AvgIpc) is 3.11. The van der Waals surface area contributed by atoms with Gasteiger partial charge in [-0.2, -0.15) is 0 Å². The third-order valence-corrected chi connectivity index (χ3v) is 9.31. The summed E-state index contributed by atoms with van der Waals surface area (Å²) in [5.41, 5.74) is 17.3. The maximum Gasteiger partial charge on any atom is 0.0491 e. The summed E-state index contributed by atoms with van der Waals surface area (Å²) in [6.07, 6.45) is 3.10. The van der Waals surface area contributed by atoms with Crippen LogP contribution in [0.25, 0.3) is 11.1 Å². The van der Waals surface area contributed by atoms with Crippen molar-refractivity contribution in [2.45, 2.75) is 60.8 Å². The van der Waals surface area contributed by atoms with Crippen LogP contribution in [0.1, 0.15) is 54.2 Å². The molecule has 0 saturated heterocycles. The first kappa shape index (κ1) is 31.9. The fraction of sp³-hybridized carbons (Fsp3) is 0.200. The van der Waals surface area contributed by atoms with Crippen molar-refractivity contribution in [1.29, 1.82) is 0 Å². The van der Waals surface area contributed by atoms with E-state index >= 15 is 0 Å². The highest BCUT2D eigenvalue weighted by molar-refractivity contribution is 5.83. The Kier molecular flexibility index (Phi) is 9.59. The van der Waals surface area contributed by atoms with Crippen LogP contribution in [0.5, 0.6) is 0 Å². The fourth-order valence-electron chi connectivity index (χ4n) is 6.36. The lowest BCUT2D eigenvalue weighted by Crippen LogP contribution is -2.12. The van der Waals surface area contributed by atoms with Gasteiger partial charge in [0.05, 0.1) is 0 Å². The summed E-state index contributed by atoms with van der Waals surface area (Å²) in [7, 11) is 0. The van der Waals surface area contributed by atoms with Gasteiger partial charge in [0.25, 0.3) is 0 Å². The molecule has 6 aromatic rings. The largest absolute Gasteiger partial charge is 0.310 e. The number of aryl methyl sites for hydroxylation is 6. The molecule has 0 radical (unpaired) electrons. The Bertz CT molecular complexity index is 1890. The summed E-state index contributed by atoms with van der Waals surface area (Å²) in [4.78, 5) is 4.76. The molecule has 0 aliphatic carbocycles. The number of benzene rings is 6. The van der Waals surface area contributed by atoms with E-state index in [4.69, 9.17) is 0 Å². The molecule has 0 aliphatic rings. The van der Waals surface area contributed by atoms with Gasteiger partial charge in [-0.3, -0.25) is 0 Å². The fourth-order valence-corrected chi connectivity index (χ4v) is 6.36. The van der Waals surface area contributed by atoms with Crippen LogP contribution in [-0.4, -0.2) is 0 Å². The molecule has 0 bridgehead atoms. The van der Waals surface area contributed by atoms with Gasteiger partial charge in [-0.05, 0) is 152 Å². The molecule has 0 N–H and O–H groups in total. The molecule has 0 saturated carbocycles. The summed E-state index contributed by atoms with van der Waals surface area (Å²) < 4.78 is 0. The van der Waals surface area contributed by atoms with Crippen molar-refractivity contribution in [2.75, 3.05) is 9.80 Å². The average molecular weight is 615 g/mol. The summed E-state index contributed by atoms with van der Waals surface area (Å²) in [6.45, 7) is 13.2. The van der Waals surface area contributed by atoms with Crippen LogP contribution < -0.4 is 9.80 Å². The molecule has 6 rings (SSSR count). The van der Waals surface area contributed by atoms with Gasteiger partial charge >= 0.3 is 0 Å². The Labute approximate surface area is 282 Å². The van der Waals surface area contributed by atoms with Gasteiger partial charge in [-0.15, -0.1) is 0 Å². The standard InChI is InChI=1S/C45H46N2/c1-7-35-12-22-41(23-13-35)46(40-20-10-32(4)11-21-40)44-28-18-38(30-33(44)5)39-19-29-45(34(6)31-39)47(42-24-14-36(8-2)15-25-42)43-26-16-37(9-3)17-27-43/h10-31H,7-9H2,1-6H3. The van der Waals surface area contributed by atoms with Crippen molar-refractivity contribution < 1.29 is 0 Å². The van der Waals surface area contributed by atoms with E-state index in [1.807, 2.05) is 0 Å². The van der Waals surface area contributed by atoms with E-state index in [0.717, 1.165) is 24.9 Å². The van der Waals surface area contributed by atoms with Crippen LogP contribution in [0.4, 0.5) is 34.1 Å². The highest BCUT2D eigenvalue weighted by Crippen LogP contribution is 2.41. The highest BCUT2D eigenvalue weighted by atomic mass is 15.1. The SMILES string of the molecule is CCc1ccc(N(c2ccc(C)cc2)c2ccc(-c3ccc(N(c4ccc(CC)cc4)c4ccc(CC)cc4)c(C)c3)cc2C)cc1. The Balaban J connectivity index is 1.37. The number of nitrogens with zero attached hydrogens (tertiary/aromatic N) is 2. The minimum Gasteiger partial charge on any atom is -0.310 e. The van der Waals surface area contributed by atoms with Crippen LogP contribution in [-0.2, 0) is 19.3 Å². The molecular formula is C45H46N2. The molecule has 0 heterocycles. The van der Waals surface area contributed by atoms with Crippen molar-refractivity contribution in [1.82, 2.24) is 0 Å². The minimum atomic E-state index is 1.03. The first-order chi connectivity index (χ1) is 22.9. The molecule has 0 unspecified atom stereocenters. The van der Waals surface area contributed by atoms with Gasteiger partial charge < -0.3 is 9.80 Å². The Hall–Kier alpha value is -5.08. The van der Waals surface area contributed by atoms with Crippen molar-refractivity contribution in [3.05, 3.63) is 167 Å². The molecule has 2 heteroatoms. The summed E-state index contributed by atoms with van der Waals surface area (Å²) >= 11 is 0. The molecule has 0 atom stereocenters. The Morgan fingerprint density at radius 3 is 0.936 bits per heavy atom. The van der Waals surface area contributed by atoms with Crippen LogP contribution in [0.3, 0.4) is 0 Å². The monoisotopic (exact) mass is 614 g/mol. The number of hydrogen-bond acceptors (Lipinski definition) is 2. The van der Waals surface area contributed by atoms with Crippen molar-refractivity contribution >= 4 is 34.1 Å². The second-order valence-electron chi connectivity index (χ2n) is 12.6. The lowest BCUT2D eigenvalue weighted by molar-refractivity contribution is 1.13. The summed E-state index contributed by atoms with van der Waals surface area (Å²) in [5.74, 6) is 0. The van der Waals surface area contributed by atoms with Crippen LogP contribution in [0, 0.1) is 20.8 Å². The number of rotatable bonds is 10. The molecule has 0 spiro atoms. The number of hydrogen-bond donors (Lipinski definition) is 0. The minimum absolute atomic E-state index is 1.03. The zero-order valence-corrected chi connectivity index (χ0v) is 28.7. The zero-order chi connectivity index (χ0) is 32.9. The molecule has 47 heavy (non-hydrogen) atoms. The van der Waals surface area contributed by atoms with E-state index in [1.54, 1.807) is 0 Å². The molecule has 236 valence electrons. The van der Waals surface area contributed by atoms with E-state index in [1.165, 1.54) is 72.9 Å². The molecular weight excluding hydrogens is 569 g/mol. The van der Waals surface area contributed by atoms with Gasteiger partial charge in [-0.25, -0.2) is 0 Å².